The van der Waals surface area contributed by atoms with Gasteiger partial charge in [-0.1, -0.05) is 0 Å². The average molecular weight is 510 g/mol. The minimum absolute atomic E-state index is 0.0441. The van der Waals surface area contributed by atoms with Crippen LogP contribution >= 0.6 is 22.6 Å². The van der Waals surface area contributed by atoms with Crippen LogP contribution in [0, 0.1) is 21.0 Å². The lowest BCUT2D eigenvalue weighted by atomic mass is 10.0. The van der Waals surface area contributed by atoms with Crippen molar-refractivity contribution in [1.82, 2.24) is 5.48 Å². The molecule has 4 N–H and O–H groups in total. The number of nitrogens with one attached hydrogen (secondary N) is 2. The van der Waals surface area contributed by atoms with E-state index in [1.807, 2.05) is 28.1 Å². The smallest absolute Gasteiger partial charge is 0.277 e. The fourth-order valence-corrected chi connectivity index (χ4v) is 2.55. The van der Waals surface area contributed by atoms with Gasteiger partial charge >= 0.3 is 0 Å². The third-order valence-corrected chi connectivity index (χ3v) is 4.56. The predicted octanol–water partition coefficient (Wildman–Crippen LogP) is 3.25. The molecule has 0 saturated heterocycles. The molecule has 0 aromatic heterocycles. The zero-order chi connectivity index (χ0) is 21.1. The van der Waals surface area contributed by atoms with Crippen LogP contribution in [0.3, 0.4) is 0 Å². The SMILES string of the molecule is CC(C)(ONC(=O)c1cc(F)c(F)cc1Nc1ccc(I)cc1F)C(O)CO. The first-order valence-electron chi connectivity index (χ1n) is 8.03. The Morgan fingerprint density at radius 1 is 1.14 bits per heavy atom. The predicted molar refractivity (Wildman–Crippen MR) is 104 cm³/mol. The molecule has 0 spiro atoms. The molecule has 2 rings (SSSR count). The first kappa shape index (κ1) is 22.4. The number of hydrogen-bond donors (Lipinski definition) is 4. The molecule has 1 amide bonds. The number of carbonyl (C=O) groups excluding carboxylic acids is 1. The van der Waals surface area contributed by atoms with Crippen molar-refractivity contribution < 1.29 is 33.0 Å². The van der Waals surface area contributed by atoms with Gasteiger partial charge in [-0.05, 0) is 60.7 Å². The van der Waals surface area contributed by atoms with E-state index in [1.165, 1.54) is 26.0 Å². The van der Waals surface area contributed by atoms with Gasteiger partial charge in [0.1, 0.15) is 17.5 Å². The number of aliphatic hydroxyl groups excluding tert-OH is 2. The highest BCUT2D eigenvalue weighted by molar-refractivity contribution is 14.1. The molecular formula is C18H18F3IN2O4. The fraction of sp³-hybridized carbons (Fsp3) is 0.278. The summed E-state index contributed by atoms with van der Waals surface area (Å²) in [5.74, 6) is -4.13. The van der Waals surface area contributed by atoms with Gasteiger partial charge in [-0.25, -0.2) is 18.7 Å². The first-order valence-corrected chi connectivity index (χ1v) is 9.11. The third kappa shape index (κ3) is 5.34. The van der Waals surface area contributed by atoms with E-state index in [0.717, 1.165) is 6.07 Å². The largest absolute Gasteiger partial charge is 0.394 e. The highest BCUT2D eigenvalue weighted by Gasteiger charge is 2.30. The number of hydrogen-bond acceptors (Lipinski definition) is 5. The van der Waals surface area contributed by atoms with Gasteiger partial charge in [0, 0.05) is 9.64 Å². The topological polar surface area (TPSA) is 90.8 Å². The lowest BCUT2D eigenvalue weighted by molar-refractivity contribution is -0.144. The Morgan fingerprint density at radius 3 is 2.39 bits per heavy atom. The standard InChI is InChI=1S/C18H18F3IN2O4/c1-18(2,16(26)8-25)28-24-17(27)10-6-11(19)12(20)7-15(10)23-14-4-3-9(22)5-13(14)21/h3-7,16,23,25-26H,8H2,1-2H3,(H,24,27). The Morgan fingerprint density at radius 2 is 1.79 bits per heavy atom. The van der Waals surface area contributed by atoms with E-state index in [4.69, 9.17) is 9.94 Å². The number of anilines is 2. The second-order valence-electron chi connectivity index (χ2n) is 6.40. The molecular weight excluding hydrogens is 492 g/mol. The summed E-state index contributed by atoms with van der Waals surface area (Å²) in [6, 6.07) is 5.56. The zero-order valence-electron chi connectivity index (χ0n) is 14.9. The minimum Gasteiger partial charge on any atom is -0.394 e. The van der Waals surface area contributed by atoms with E-state index < -0.39 is 41.7 Å². The lowest BCUT2D eigenvalue weighted by Crippen LogP contribution is -2.46. The van der Waals surface area contributed by atoms with E-state index in [9.17, 15) is 23.1 Å². The van der Waals surface area contributed by atoms with Crippen LogP contribution < -0.4 is 10.8 Å². The summed E-state index contributed by atoms with van der Waals surface area (Å²) in [5.41, 5.74) is 0.0613. The van der Waals surface area contributed by atoms with E-state index in [-0.39, 0.29) is 16.9 Å². The van der Waals surface area contributed by atoms with Crippen LogP contribution in [-0.4, -0.2) is 34.4 Å². The summed E-state index contributed by atoms with van der Waals surface area (Å²) < 4.78 is 42.1. The summed E-state index contributed by atoms with van der Waals surface area (Å²) in [5, 5.41) is 21.2. The van der Waals surface area contributed by atoms with Crippen LogP contribution in [0.2, 0.25) is 0 Å². The van der Waals surface area contributed by atoms with E-state index >= 15 is 0 Å². The lowest BCUT2D eigenvalue weighted by Gasteiger charge is -2.28. The van der Waals surface area contributed by atoms with Crippen LogP contribution in [0.15, 0.2) is 30.3 Å². The Labute approximate surface area is 172 Å². The van der Waals surface area contributed by atoms with Gasteiger partial charge in [0.05, 0.1) is 23.5 Å². The molecule has 0 bridgehead atoms. The Bertz CT molecular complexity index is 880. The number of hydroxylamine groups is 1. The molecule has 0 aliphatic heterocycles. The molecule has 10 heteroatoms. The maximum absolute atomic E-state index is 14.1. The molecule has 1 unspecified atom stereocenters. The second kappa shape index (κ2) is 9.07. The number of benzene rings is 2. The molecule has 0 radical (unpaired) electrons. The van der Waals surface area contributed by atoms with Crippen LogP contribution in [0.4, 0.5) is 24.5 Å². The molecule has 28 heavy (non-hydrogen) atoms. The van der Waals surface area contributed by atoms with Crippen molar-refractivity contribution in [2.24, 2.45) is 0 Å². The molecule has 0 saturated carbocycles. The van der Waals surface area contributed by atoms with Gasteiger partial charge in [-0.3, -0.25) is 9.63 Å². The van der Waals surface area contributed by atoms with Crippen molar-refractivity contribution in [3.8, 4) is 0 Å². The van der Waals surface area contributed by atoms with Crippen molar-refractivity contribution in [2.75, 3.05) is 11.9 Å². The van der Waals surface area contributed by atoms with E-state index in [2.05, 4.69) is 5.32 Å². The van der Waals surface area contributed by atoms with Gasteiger partial charge in [0.2, 0.25) is 0 Å². The molecule has 2 aromatic carbocycles. The number of aliphatic hydroxyl groups is 2. The summed E-state index contributed by atoms with van der Waals surface area (Å²) in [6.45, 7) is 2.19. The summed E-state index contributed by atoms with van der Waals surface area (Å²) in [4.78, 5) is 17.5. The Hall–Kier alpha value is -1.89. The third-order valence-electron chi connectivity index (χ3n) is 3.89. The number of carbonyl (C=O) groups is 1. The molecule has 1 atom stereocenters. The number of amides is 1. The minimum atomic E-state index is -1.36. The maximum Gasteiger partial charge on any atom is 0.277 e. The molecule has 152 valence electrons. The van der Waals surface area contributed by atoms with Crippen LogP contribution in [0.1, 0.15) is 24.2 Å². The number of rotatable bonds is 7. The van der Waals surface area contributed by atoms with Crippen molar-refractivity contribution in [2.45, 2.75) is 25.6 Å². The summed E-state index contributed by atoms with van der Waals surface area (Å²) in [6.07, 6.45) is -1.31. The van der Waals surface area contributed by atoms with Crippen molar-refractivity contribution >= 4 is 39.9 Å². The zero-order valence-corrected chi connectivity index (χ0v) is 17.1. The van der Waals surface area contributed by atoms with Gasteiger partial charge in [-0.2, -0.15) is 0 Å². The summed E-state index contributed by atoms with van der Waals surface area (Å²) >= 11 is 1.91. The second-order valence-corrected chi connectivity index (χ2v) is 7.64. The molecule has 0 fully saturated rings. The molecule has 2 aromatic rings. The fourth-order valence-electron chi connectivity index (χ4n) is 2.09. The molecule has 6 nitrogen and oxygen atoms in total. The first-order chi connectivity index (χ1) is 13.0. The van der Waals surface area contributed by atoms with Gasteiger partial charge < -0.3 is 15.5 Å². The van der Waals surface area contributed by atoms with Gasteiger partial charge in [0.25, 0.3) is 5.91 Å². The molecule has 0 aliphatic rings. The summed E-state index contributed by atoms with van der Waals surface area (Å²) in [7, 11) is 0. The monoisotopic (exact) mass is 510 g/mol. The van der Waals surface area contributed by atoms with Gasteiger partial charge in [0.15, 0.2) is 11.6 Å². The van der Waals surface area contributed by atoms with Crippen molar-refractivity contribution in [3.63, 3.8) is 0 Å². The van der Waals surface area contributed by atoms with Crippen LogP contribution in [-0.2, 0) is 4.84 Å². The highest BCUT2D eigenvalue weighted by Crippen LogP contribution is 2.27. The average Bonchev–Trinajstić information content (AvgIpc) is 2.64. The van der Waals surface area contributed by atoms with Crippen molar-refractivity contribution in [3.05, 3.63) is 56.9 Å². The van der Waals surface area contributed by atoms with Crippen molar-refractivity contribution in [1.29, 1.82) is 0 Å². The van der Waals surface area contributed by atoms with Gasteiger partial charge in [-0.15, -0.1) is 0 Å². The number of halogens is 4. The van der Waals surface area contributed by atoms with E-state index in [1.54, 1.807) is 6.07 Å². The van der Waals surface area contributed by atoms with E-state index in [0.29, 0.717) is 9.64 Å². The maximum atomic E-state index is 14.1. The Balaban J connectivity index is 2.30. The molecule has 0 aliphatic carbocycles. The van der Waals surface area contributed by atoms with Crippen LogP contribution in [0.25, 0.3) is 0 Å². The normalized spacial score (nSPS) is 12.6. The quantitative estimate of drug-likeness (QED) is 0.340. The van der Waals surface area contributed by atoms with Crippen LogP contribution in [0.5, 0.6) is 0 Å². The Kier molecular flexibility index (Phi) is 7.26. The molecule has 0 heterocycles. The highest BCUT2D eigenvalue weighted by atomic mass is 127.